The smallest absolute Gasteiger partial charge is 0.224 e. The average molecular weight is 366 g/mol. The van der Waals surface area contributed by atoms with Crippen LogP contribution in [0.3, 0.4) is 0 Å². The minimum absolute atomic E-state index is 0.163. The van der Waals surface area contributed by atoms with Crippen molar-refractivity contribution in [1.29, 1.82) is 0 Å². The van der Waals surface area contributed by atoms with Gasteiger partial charge in [0.05, 0.1) is 0 Å². The molecule has 0 atom stereocenters. The lowest BCUT2D eigenvalue weighted by Crippen LogP contribution is -2.29. The Labute approximate surface area is 163 Å². The first kappa shape index (κ1) is 19.3. The van der Waals surface area contributed by atoms with Crippen molar-refractivity contribution in [3.05, 3.63) is 59.7 Å². The predicted molar refractivity (Wildman–Crippen MR) is 113 cm³/mol. The highest BCUT2D eigenvalue weighted by Gasteiger charge is 2.12. The van der Waals surface area contributed by atoms with Gasteiger partial charge >= 0.3 is 0 Å². The number of anilines is 2. The maximum absolute atomic E-state index is 12.4. The van der Waals surface area contributed by atoms with Crippen molar-refractivity contribution in [2.75, 3.05) is 36.9 Å². The molecule has 1 aliphatic rings. The van der Waals surface area contributed by atoms with E-state index in [9.17, 15) is 4.79 Å². The zero-order valence-corrected chi connectivity index (χ0v) is 16.6. The van der Waals surface area contributed by atoms with Crippen molar-refractivity contribution in [2.24, 2.45) is 0 Å². The Bertz CT molecular complexity index is 736. The van der Waals surface area contributed by atoms with Gasteiger partial charge in [-0.25, -0.2) is 0 Å². The summed E-state index contributed by atoms with van der Waals surface area (Å²) in [6, 6.07) is 16.8. The van der Waals surface area contributed by atoms with Gasteiger partial charge in [-0.2, -0.15) is 0 Å². The molecule has 27 heavy (non-hydrogen) atoms. The van der Waals surface area contributed by atoms with Gasteiger partial charge in [0.15, 0.2) is 0 Å². The van der Waals surface area contributed by atoms with E-state index in [4.69, 9.17) is 0 Å². The monoisotopic (exact) mass is 365 g/mol. The molecule has 2 aromatic carbocycles. The van der Waals surface area contributed by atoms with Gasteiger partial charge in [0.2, 0.25) is 5.91 Å². The van der Waals surface area contributed by atoms with Crippen molar-refractivity contribution in [3.63, 3.8) is 0 Å². The number of carbonyl (C=O) groups is 1. The molecule has 4 nitrogen and oxygen atoms in total. The number of para-hydroxylation sites is 1. The van der Waals surface area contributed by atoms with Crippen LogP contribution in [0.5, 0.6) is 0 Å². The van der Waals surface area contributed by atoms with Gasteiger partial charge in [-0.05, 0) is 55.5 Å². The first-order valence-corrected chi connectivity index (χ1v) is 10.0. The Hall–Kier alpha value is -2.49. The lowest BCUT2D eigenvalue weighted by Gasteiger charge is -2.29. The van der Waals surface area contributed by atoms with E-state index < -0.39 is 0 Å². The van der Waals surface area contributed by atoms with Gasteiger partial charge in [0.1, 0.15) is 0 Å². The van der Waals surface area contributed by atoms with Gasteiger partial charge in [-0.3, -0.25) is 4.79 Å². The van der Waals surface area contributed by atoms with Crippen LogP contribution in [-0.4, -0.2) is 37.5 Å². The highest BCUT2D eigenvalue weighted by Crippen LogP contribution is 2.20. The molecule has 1 fully saturated rings. The molecule has 0 radical (unpaired) electrons. The van der Waals surface area contributed by atoms with Crippen LogP contribution in [0.25, 0.3) is 0 Å². The second kappa shape index (κ2) is 9.45. The van der Waals surface area contributed by atoms with E-state index >= 15 is 0 Å². The highest BCUT2D eigenvalue weighted by molar-refractivity contribution is 5.76. The third kappa shape index (κ3) is 5.49. The van der Waals surface area contributed by atoms with Crippen LogP contribution < -0.4 is 10.2 Å². The number of amides is 1. The summed E-state index contributed by atoms with van der Waals surface area (Å²) in [7, 11) is 1.88. The average Bonchev–Trinajstić information content (AvgIpc) is 2.70. The second-order valence-corrected chi connectivity index (χ2v) is 7.46. The molecule has 3 rings (SSSR count). The number of piperidine rings is 1. The molecule has 1 N–H and O–H groups in total. The van der Waals surface area contributed by atoms with Gasteiger partial charge < -0.3 is 15.1 Å². The normalized spacial score (nSPS) is 14.1. The molecule has 1 amide bonds. The number of hydrogen-bond acceptors (Lipinski definition) is 3. The minimum atomic E-state index is 0.163. The Morgan fingerprint density at radius 2 is 1.74 bits per heavy atom. The SMILES string of the molecule is Cc1ccccc1NCCC(=O)N(C)Cc1ccc(N2CCCCC2)cc1. The molecule has 1 aliphatic heterocycles. The van der Waals surface area contributed by atoms with Gasteiger partial charge in [-0.1, -0.05) is 30.3 Å². The van der Waals surface area contributed by atoms with Crippen molar-refractivity contribution < 1.29 is 4.79 Å². The molecule has 4 heteroatoms. The number of carbonyl (C=O) groups excluding carboxylic acids is 1. The van der Waals surface area contributed by atoms with Crippen LogP contribution in [-0.2, 0) is 11.3 Å². The zero-order valence-electron chi connectivity index (χ0n) is 16.6. The maximum Gasteiger partial charge on any atom is 0.224 e. The van der Waals surface area contributed by atoms with E-state index in [0.717, 1.165) is 18.8 Å². The summed E-state index contributed by atoms with van der Waals surface area (Å²) in [4.78, 5) is 16.7. The predicted octanol–water partition coefficient (Wildman–Crippen LogP) is 4.45. The van der Waals surface area contributed by atoms with Crippen LogP contribution >= 0.6 is 0 Å². The van der Waals surface area contributed by atoms with Crippen LogP contribution in [0.4, 0.5) is 11.4 Å². The molecule has 144 valence electrons. The Kier molecular flexibility index (Phi) is 6.74. The topological polar surface area (TPSA) is 35.6 Å². The molecule has 1 heterocycles. The summed E-state index contributed by atoms with van der Waals surface area (Å²) in [5.74, 6) is 0.163. The molecule has 0 spiro atoms. The molecular weight excluding hydrogens is 334 g/mol. The van der Waals surface area contributed by atoms with E-state index in [1.165, 1.54) is 36.1 Å². The van der Waals surface area contributed by atoms with Gasteiger partial charge in [0, 0.05) is 51.0 Å². The second-order valence-electron chi connectivity index (χ2n) is 7.46. The van der Waals surface area contributed by atoms with Crippen LogP contribution in [0.15, 0.2) is 48.5 Å². The number of aryl methyl sites for hydroxylation is 1. The minimum Gasteiger partial charge on any atom is -0.384 e. The van der Waals surface area contributed by atoms with E-state index in [-0.39, 0.29) is 5.91 Å². The third-order valence-corrected chi connectivity index (χ3v) is 5.30. The molecule has 1 saturated heterocycles. The Balaban J connectivity index is 1.45. The molecule has 0 saturated carbocycles. The van der Waals surface area contributed by atoms with Crippen molar-refractivity contribution >= 4 is 17.3 Å². The van der Waals surface area contributed by atoms with E-state index in [1.807, 2.05) is 30.1 Å². The van der Waals surface area contributed by atoms with E-state index in [2.05, 4.69) is 47.5 Å². The first-order chi connectivity index (χ1) is 13.1. The third-order valence-electron chi connectivity index (χ3n) is 5.30. The molecule has 0 unspecified atom stereocenters. The van der Waals surface area contributed by atoms with Crippen LogP contribution in [0.1, 0.15) is 36.8 Å². The van der Waals surface area contributed by atoms with E-state index in [0.29, 0.717) is 19.5 Å². The summed E-state index contributed by atoms with van der Waals surface area (Å²) >= 11 is 0. The number of benzene rings is 2. The van der Waals surface area contributed by atoms with Gasteiger partial charge in [0.25, 0.3) is 0 Å². The number of hydrogen-bond donors (Lipinski definition) is 1. The Morgan fingerprint density at radius 3 is 2.44 bits per heavy atom. The number of rotatable bonds is 7. The zero-order chi connectivity index (χ0) is 19.1. The summed E-state index contributed by atoms with van der Waals surface area (Å²) in [5, 5.41) is 3.35. The molecule has 0 bridgehead atoms. The van der Waals surface area contributed by atoms with Gasteiger partial charge in [-0.15, -0.1) is 0 Å². The first-order valence-electron chi connectivity index (χ1n) is 10.0. The quantitative estimate of drug-likeness (QED) is 0.787. The number of nitrogens with one attached hydrogen (secondary N) is 1. The van der Waals surface area contributed by atoms with Crippen LogP contribution in [0, 0.1) is 6.92 Å². The van der Waals surface area contributed by atoms with Crippen molar-refractivity contribution in [2.45, 2.75) is 39.2 Å². The summed E-state index contributed by atoms with van der Waals surface area (Å²) < 4.78 is 0. The molecule has 0 aromatic heterocycles. The fourth-order valence-electron chi connectivity index (χ4n) is 3.59. The highest BCUT2D eigenvalue weighted by atomic mass is 16.2. The van der Waals surface area contributed by atoms with Crippen molar-refractivity contribution in [3.8, 4) is 0 Å². The Morgan fingerprint density at radius 1 is 1.04 bits per heavy atom. The molecule has 0 aliphatic carbocycles. The number of nitrogens with zero attached hydrogens (tertiary/aromatic N) is 2. The molecular formula is C23H31N3O. The largest absolute Gasteiger partial charge is 0.384 e. The summed E-state index contributed by atoms with van der Waals surface area (Å²) in [6.07, 6.45) is 4.42. The lowest BCUT2D eigenvalue weighted by molar-refractivity contribution is -0.130. The fourth-order valence-corrected chi connectivity index (χ4v) is 3.59. The van der Waals surface area contributed by atoms with Crippen LogP contribution in [0.2, 0.25) is 0 Å². The fraction of sp³-hybridized carbons (Fsp3) is 0.435. The summed E-state index contributed by atoms with van der Waals surface area (Å²) in [5.41, 5.74) is 4.78. The van der Waals surface area contributed by atoms with E-state index in [1.54, 1.807) is 0 Å². The maximum atomic E-state index is 12.4. The summed E-state index contributed by atoms with van der Waals surface area (Å²) in [6.45, 7) is 5.70. The van der Waals surface area contributed by atoms with Crippen molar-refractivity contribution in [1.82, 2.24) is 4.90 Å². The standard InChI is InChI=1S/C23H31N3O/c1-19-8-4-5-9-22(19)24-15-14-23(27)25(2)18-20-10-12-21(13-11-20)26-16-6-3-7-17-26/h4-5,8-13,24H,3,6-7,14-18H2,1-2H3. The lowest BCUT2D eigenvalue weighted by atomic mass is 10.1. The molecule has 2 aromatic rings.